The maximum absolute atomic E-state index is 12.4. The molecule has 0 aliphatic heterocycles. The number of carbonyl (C=O) groups is 1. The smallest absolute Gasteiger partial charge is 0.248 e. The Hall–Kier alpha value is -3.15. The minimum atomic E-state index is -0.188. The van der Waals surface area contributed by atoms with Gasteiger partial charge >= 0.3 is 0 Å². The fourth-order valence-electron chi connectivity index (χ4n) is 3.00. The lowest BCUT2D eigenvalue weighted by molar-refractivity contribution is -0.111. The first kappa shape index (κ1) is 17.7. The molecule has 134 valence electrons. The quantitative estimate of drug-likeness (QED) is 0.733. The zero-order valence-electron chi connectivity index (χ0n) is 15.7. The van der Waals surface area contributed by atoms with Gasteiger partial charge in [-0.3, -0.25) is 9.48 Å². The van der Waals surface area contributed by atoms with E-state index in [-0.39, 0.29) is 5.91 Å². The molecule has 0 spiro atoms. The Labute approximate surface area is 153 Å². The van der Waals surface area contributed by atoms with E-state index in [0.717, 1.165) is 39.7 Å². The first-order valence-electron chi connectivity index (χ1n) is 8.49. The normalized spacial score (nSPS) is 11.3. The number of carbonyl (C=O) groups excluding carboxylic acids is 1. The van der Waals surface area contributed by atoms with Crippen molar-refractivity contribution in [2.75, 3.05) is 5.32 Å². The summed E-state index contributed by atoms with van der Waals surface area (Å²) in [5.41, 5.74) is 6.27. The number of nitrogens with one attached hydrogen (secondary N) is 1. The molecule has 3 rings (SSSR count). The topological polar surface area (TPSA) is 64.7 Å². The molecule has 0 atom stereocenters. The molecular formula is C20H23N5O. The number of hydrogen-bond acceptors (Lipinski definition) is 3. The van der Waals surface area contributed by atoms with Crippen LogP contribution in [0.2, 0.25) is 0 Å². The Kier molecular flexibility index (Phi) is 4.75. The van der Waals surface area contributed by atoms with Crippen LogP contribution in [-0.4, -0.2) is 25.5 Å². The van der Waals surface area contributed by atoms with Gasteiger partial charge in [0.2, 0.25) is 5.91 Å². The second kappa shape index (κ2) is 7.00. The minimum absolute atomic E-state index is 0.188. The van der Waals surface area contributed by atoms with Crippen molar-refractivity contribution in [3.63, 3.8) is 0 Å². The maximum atomic E-state index is 12.4. The molecule has 0 aliphatic rings. The van der Waals surface area contributed by atoms with Gasteiger partial charge in [-0.15, -0.1) is 0 Å². The summed E-state index contributed by atoms with van der Waals surface area (Å²) in [6, 6.07) is 9.86. The second-order valence-corrected chi connectivity index (χ2v) is 6.32. The third-order valence-corrected chi connectivity index (χ3v) is 4.51. The monoisotopic (exact) mass is 349 g/mol. The molecule has 0 saturated heterocycles. The van der Waals surface area contributed by atoms with Crippen LogP contribution in [0.15, 0.2) is 36.4 Å². The summed E-state index contributed by atoms with van der Waals surface area (Å²) in [6.07, 6.45) is 3.34. The van der Waals surface area contributed by atoms with Crippen molar-refractivity contribution in [2.24, 2.45) is 7.05 Å². The molecule has 3 aromatic rings. The zero-order valence-corrected chi connectivity index (χ0v) is 15.7. The lowest BCUT2D eigenvalue weighted by Gasteiger charge is -2.05. The SMILES string of the molecule is Cc1nn(C)c(C)c1/C=C/C(=O)Nc1c(C)nn(-c2ccccc2)c1C. The molecular weight excluding hydrogens is 326 g/mol. The molecule has 1 amide bonds. The Balaban J connectivity index is 1.82. The third kappa shape index (κ3) is 3.31. The number of aromatic nitrogens is 4. The standard InChI is InChI=1S/C20H23N5O/c1-13-18(15(3)24(5)22-13)11-12-19(26)21-20-14(2)23-25(16(20)4)17-9-7-6-8-10-17/h6-12H,1-5H3,(H,21,26)/b12-11+. The largest absolute Gasteiger partial charge is 0.319 e. The van der Waals surface area contributed by atoms with Crippen molar-refractivity contribution in [2.45, 2.75) is 27.7 Å². The van der Waals surface area contributed by atoms with Crippen LogP contribution in [0.5, 0.6) is 0 Å². The Bertz CT molecular complexity index is 980. The van der Waals surface area contributed by atoms with E-state index in [9.17, 15) is 4.79 Å². The van der Waals surface area contributed by atoms with Gasteiger partial charge in [0.15, 0.2) is 0 Å². The van der Waals surface area contributed by atoms with Crippen LogP contribution in [-0.2, 0) is 11.8 Å². The summed E-state index contributed by atoms with van der Waals surface area (Å²) < 4.78 is 3.65. The highest BCUT2D eigenvalue weighted by molar-refractivity contribution is 6.02. The summed E-state index contributed by atoms with van der Waals surface area (Å²) in [4.78, 5) is 12.4. The summed E-state index contributed by atoms with van der Waals surface area (Å²) in [7, 11) is 1.89. The van der Waals surface area contributed by atoms with E-state index < -0.39 is 0 Å². The Morgan fingerprint density at radius 1 is 1.00 bits per heavy atom. The van der Waals surface area contributed by atoms with E-state index in [4.69, 9.17) is 0 Å². The molecule has 2 heterocycles. The van der Waals surface area contributed by atoms with Crippen molar-refractivity contribution < 1.29 is 4.79 Å². The van der Waals surface area contributed by atoms with Crippen LogP contribution >= 0.6 is 0 Å². The lowest BCUT2D eigenvalue weighted by atomic mass is 10.2. The van der Waals surface area contributed by atoms with Gasteiger partial charge in [-0.1, -0.05) is 18.2 Å². The van der Waals surface area contributed by atoms with E-state index in [1.807, 2.05) is 74.4 Å². The van der Waals surface area contributed by atoms with Gasteiger partial charge in [0.25, 0.3) is 0 Å². The van der Waals surface area contributed by atoms with Gasteiger partial charge < -0.3 is 5.32 Å². The van der Waals surface area contributed by atoms with Gasteiger partial charge in [0.05, 0.1) is 28.5 Å². The van der Waals surface area contributed by atoms with Crippen LogP contribution in [0.1, 0.15) is 28.3 Å². The van der Waals surface area contributed by atoms with Gasteiger partial charge in [0.1, 0.15) is 0 Å². The highest BCUT2D eigenvalue weighted by Crippen LogP contribution is 2.23. The van der Waals surface area contributed by atoms with Gasteiger partial charge in [0, 0.05) is 24.4 Å². The van der Waals surface area contributed by atoms with E-state index in [1.165, 1.54) is 6.08 Å². The van der Waals surface area contributed by atoms with Crippen LogP contribution in [0, 0.1) is 27.7 Å². The number of rotatable bonds is 4. The number of nitrogens with zero attached hydrogens (tertiary/aromatic N) is 4. The lowest BCUT2D eigenvalue weighted by Crippen LogP contribution is -2.09. The summed E-state index contributed by atoms with van der Waals surface area (Å²) in [6.45, 7) is 7.75. The Morgan fingerprint density at radius 2 is 1.69 bits per heavy atom. The molecule has 0 saturated carbocycles. The van der Waals surface area contributed by atoms with Crippen molar-refractivity contribution in [1.82, 2.24) is 19.6 Å². The highest BCUT2D eigenvalue weighted by Gasteiger charge is 2.14. The average Bonchev–Trinajstić information content (AvgIpc) is 3.03. The van der Waals surface area contributed by atoms with E-state index in [2.05, 4.69) is 15.5 Å². The molecule has 2 aromatic heterocycles. The number of hydrogen-bond donors (Lipinski definition) is 1. The number of anilines is 1. The molecule has 1 aromatic carbocycles. The van der Waals surface area contributed by atoms with E-state index >= 15 is 0 Å². The summed E-state index contributed by atoms with van der Waals surface area (Å²) >= 11 is 0. The minimum Gasteiger partial charge on any atom is -0.319 e. The predicted molar refractivity (Wildman–Crippen MR) is 103 cm³/mol. The van der Waals surface area contributed by atoms with Gasteiger partial charge in [-0.05, 0) is 45.9 Å². The summed E-state index contributed by atoms with van der Waals surface area (Å²) in [5.74, 6) is -0.188. The first-order valence-corrected chi connectivity index (χ1v) is 8.49. The van der Waals surface area contributed by atoms with Crippen LogP contribution < -0.4 is 5.32 Å². The molecule has 6 heteroatoms. The maximum Gasteiger partial charge on any atom is 0.248 e. The molecule has 0 bridgehead atoms. The first-order chi connectivity index (χ1) is 12.4. The molecule has 0 radical (unpaired) electrons. The fraction of sp³-hybridized carbons (Fsp3) is 0.250. The Morgan fingerprint density at radius 3 is 2.31 bits per heavy atom. The molecule has 26 heavy (non-hydrogen) atoms. The molecule has 1 N–H and O–H groups in total. The zero-order chi connectivity index (χ0) is 18.8. The van der Waals surface area contributed by atoms with Crippen LogP contribution in [0.4, 0.5) is 5.69 Å². The van der Waals surface area contributed by atoms with E-state index in [0.29, 0.717) is 0 Å². The predicted octanol–water partition coefficient (Wildman–Crippen LogP) is 3.49. The van der Waals surface area contributed by atoms with Crippen LogP contribution in [0.25, 0.3) is 11.8 Å². The van der Waals surface area contributed by atoms with Crippen LogP contribution in [0.3, 0.4) is 0 Å². The number of para-hydroxylation sites is 1. The summed E-state index contributed by atoms with van der Waals surface area (Å²) in [5, 5.41) is 11.9. The highest BCUT2D eigenvalue weighted by atomic mass is 16.1. The van der Waals surface area contributed by atoms with Crippen molar-refractivity contribution in [3.8, 4) is 5.69 Å². The number of amides is 1. The second-order valence-electron chi connectivity index (χ2n) is 6.32. The number of aryl methyl sites for hydroxylation is 3. The van der Waals surface area contributed by atoms with Crippen molar-refractivity contribution in [1.29, 1.82) is 0 Å². The number of benzene rings is 1. The van der Waals surface area contributed by atoms with Crippen molar-refractivity contribution >= 4 is 17.7 Å². The third-order valence-electron chi connectivity index (χ3n) is 4.51. The fourth-order valence-corrected chi connectivity index (χ4v) is 3.00. The van der Waals surface area contributed by atoms with E-state index in [1.54, 1.807) is 6.08 Å². The molecule has 6 nitrogen and oxygen atoms in total. The van der Waals surface area contributed by atoms with Gasteiger partial charge in [-0.25, -0.2) is 4.68 Å². The van der Waals surface area contributed by atoms with Gasteiger partial charge in [-0.2, -0.15) is 10.2 Å². The average molecular weight is 349 g/mol. The van der Waals surface area contributed by atoms with Crippen molar-refractivity contribution in [3.05, 3.63) is 64.7 Å². The molecule has 0 unspecified atom stereocenters. The molecule has 0 aliphatic carbocycles. The molecule has 0 fully saturated rings.